The Bertz CT molecular complexity index is 1450. The van der Waals surface area contributed by atoms with E-state index in [0.29, 0.717) is 30.1 Å². The predicted molar refractivity (Wildman–Crippen MR) is 165 cm³/mol. The van der Waals surface area contributed by atoms with E-state index >= 15 is 0 Å². The molecule has 0 spiro atoms. The molecule has 3 aromatic carbocycles. The van der Waals surface area contributed by atoms with Gasteiger partial charge in [0.05, 0.1) is 13.7 Å². The number of ether oxygens (including phenoxy) is 2. The van der Waals surface area contributed by atoms with Crippen molar-refractivity contribution in [1.82, 2.24) is 5.32 Å². The van der Waals surface area contributed by atoms with Crippen molar-refractivity contribution in [2.75, 3.05) is 19.1 Å². The molecule has 0 saturated heterocycles. The molecule has 0 bridgehead atoms. The van der Waals surface area contributed by atoms with Crippen LogP contribution in [0.15, 0.2) is 83.3 Å². The number of hydrogen-bond acceptors (Lipinski definition) is 6. The third-order valence-corrected chi connectivity index (χ3v) is 7.17. The molecule has 1 unspecified atom stereocenters. The number of rotatable bonds is 13. The molecule has 0 aliphatic rings. The number of carboxylic acid groups (broad SMARTS) is 1. The van der Waals surface area contributed by atoms with E-state index in [-0.39, 0.29) is 25.5 Å². The van der Waals surface area contributed by atoms with Crippen molar-refractivity contribution in [1.29, 1.82) is 0 Å². The Morgan fingerprint density at radius 3 is 2.41 bits per heavy atom. The zero-order chi connectivity index (χ0) is 28.5. The number of carbonyl (C=O) groups excluding carboxylic acids is 1. The van der Waals surface area contributed by atoms with Crippen LogP contribution in [0.25, 0.3) is 22.5 Å². The van der Waals surface area contributed by atoms with Gasteiger partial charge >= 0.3 is 24.8 Å². The Hall–Kier alpha value is -3.41. The number of benzene rings is 3. The number of thioether (sulfide) groups is 1. The number of hydrogen-bond donors (Lipinski definition) is 2. The molecular weight excluding hydrogens is 533 g/mol. The van der Waals surface area contributed by atoms with Crippen LogP contribution in [-0.2, 0) is 22.7 Å². The third-order valence-electron chi connectivity index (χ3n) is 6.53. The minimum atomic E-state index is -1.04. The predicted octanol–water partition coefficient (Wildman–Crippen LogP) is 5.94. The van der Waals surface area contributed by atoms with Crippen molar-refractivity contribution < 1.29 is 28.6 Å². The van der Waals surface area contributed by atoms with Crippen LogP contribution in [0.5, 0.6) is 5.75 Å². The molecule has 4 rings (SSSR count). The first-order chi connectivity index (χ1) is 19.4. The summed E-state index contributed by atoms with van der Waals surface area (Å²) in [6.45, 7) is 2.58. The first-order valence-electron chi connectivity index (χ1n) is 12.9. The van der Waals surface area contributed by atoms with Gasteiger partial charge < -0.3 is 24.3 Å². The van der Waals surface area contributed by atoms with Crippen LogP contribution in [0.2, 0.25) is 0 Å². The molecule has 210 valence electrons. The molecule has 1 aromatic heterocycles. The number of methoxy groups -OCH3 is 1. The van der Waals surface area contributed by atoms with Gasteiger partial charge in [-0.25, -0.2) is 4.79 Å². The molecule has 0 aliphatic carbocycles. The van der Waals surface area contributed by atoms with Crippen LogP contribution in [0, 0.1) is 6.92 Å². The Balaban J connectivity index is 0.00000462. The molecule has 1 heterocycles. The molecule has 41 heavy (non-hydrogen) atoms. The second-order valence-corrected chi connectivity index (χ2v) is 10.3. The van der Waals surface area contributed by atoms with Crippen LogP contribution in [0.1, 0.15) is 33.7 Å². The molecule has 0 radical (unpaired) electrons. The SMILES string of the molecule is COc1ccc(-c2ccc(COCc3ccc(C(=O)NC(CCSC)C(=O)O)c(-c4ccccc4C)c3)o2)cc1.[LiH]. The number of aryl methyl sites for hydroxylation is 1. The summed E-state index contributed by atoms with van der Waals surface area (Å²) in [5.41, 5.74) is 4.89. The summed E-state index contributed by atoms with van der Waals surface area (Å²) in [5.74, 6) is 1.40. The van der Waals surface area contributed by atoms with E-state index in [2.05, 4.69) is 5.32 Å². The van der Waals surface area contributed by atoms with E-state index in [4.69, 9.17) is 13.9 Å². The zero-order valence-electron chi connectivity index (χ0n) is 22.8. The monoisotopic (exact) mass is 567 g/mol. The summed E-state index contributed by atoms with van der Waals surface area (Å²) in [6, 6.07) is 23.8. The van der Waals surface area contributed by atoms with Crippen molar-refractivity contribution in [3.05, 3.63) is 101 Å². The topological polar surface area (TPSA) is 98.0 Å². The standard InChI is InChI=1S/C32H33NO6S.Li.H/c1-21-6-4-5-7-26(21)28-18-22(8-14-27(28)31(34)33-29(32(35)36)16-17-40-3)19-38-20-25-13-15-30(39-25)23-9-11-24(37-2)12-10-23;;/h4-15,18,29H,16-17,19-20H2,1-3H3,(H,33,34)(H,35,36);;. The average Bonchev–Trinajstić information content (AvgIpc) is 3.44. The molecule has 0 fully saturated rings. The van der Waals surface area contributed by atoms with E-state index in [0.717, 1.165) is 39.3 Å². The fourth-order valence-corrected chi connectivity index (χ4v) is 4.81. The van der Waals surface area contributed by atoms with Crippen molar-refractivity contribution in [3.63, 3.8) is 0 Å². The van der Waals surface area contributed by atoms with Gasteiger partial charge in [-0.05, 0) is 96.1 Å². The normalized spacial score (nSPS) is 11.4. The van der Waals surface area contributed by atoms with Crippen molar-refractivity contribution in [3.8, 4) is 28.2 Å². The summed E-state index contributed by atoms with van der Waals surface area (Å²) in [6.07, 6.45) is 2.25. The van der Waals surface area contributed by atoms with E-state index < -0.39 is 17.9 Å². The Morgan fingerprint density at radius 2 is 1.73 bits per heavy atom. The van der Waals surface area contributed by atoms with Crippen LogP contribution in [0.3, 0.4) is 0 Å². The van der Waals surface area contributed by atoms with Gasteiger partial charge in [-0.15, -0.1) is 0 Å². The van der Waals surface area contributed by atoms with Crippen molar-refractivity contribution >= 4 is 42.5 Å². The first-order valence-corrected chi connectivity index (χ1v) is 14.3. The van der Waals surface area contributed by atoms with Gasteiger partial charge in [0, 0.05) is 11.1 Å². The fraction of sp³-hybridized carbons (Fsp3) is 0.250. The molecule has 2 N–H and O–H groups in total. The Kier molecular flexibility index (Phi) is 12.2. The van der Waals surface area contributed by atoms with Gasteiger partial charge in [0.15, 0.2) is 0 Å². The van der Waals surface area contributed by atoms with E-state index in [1.165, 1.54) is 0 Å². The molecular formula is C32H34LiNO6S. The van der Waals surface area contributed by atoms with Crippen LogP contribution >= 0.6 is 11.8 Å². The number of amides is 1. The molecule has 1 amide bonds. The second kappa shape index (κ2) is 15.6. The maximum atomic E-state index is 13.3. The molecule has 4 aromatic rings. The first kappa shape index (κ1) is 32.1. The summed E-state index contributed by atoms with van der Waals surface area (Å²) < 4.78 is 17.1. The summed E-state index contributed by atoms with van der Waals surface area (Å²) in [4.78, 5) is 25.0. The third kappa shape index (κ3) is 8.54. The number of furan rings is 1. The quantitative estimate of drug-likeness (QED) is 0.193. The Labute approximate surface area is 256 Å². The van der Waals surface area contributed by atoms with Gasteiger partial charge in [-0.2, -0.15) is 11.8 Å². The number of carboxylic acids is 1. The van der Waals surface area contributed by atoms with Gasteiger partial charge in [0.1, 0.15) is 29.9 Å². The summed E-state index contributed by atoms with van der Waals surface area (Å²) in [7, 11) is 1.63. The second-order valence-electron chi connectivity index (χ2n) is 9.33. The summed E-state index contributed by atoms with van der Waals surface area (Å²) in [5, 5.41) is 12.3. The van der Waals surface area contributed by atoms with Crippen LogP contribution in [0.4, 0.5) is 0 Å². The molecule has 0 aliphatic heterocycles. The summed E-state index contributed by atoms with van der Waals surface area (Å²) >= 11 is 1.54. The number of carbonyl (C=O) groups is 2. The van der Waals surface area contributed by atoms with Gasteiger partial charge in [0.25, 0.3) is 5.91 Å². The van der Waals surface area contributed by atoms with E-state index in [1.54, 1.807) is 24.9 Å². The van der Waals surface area contributed by atoms with Crippen molar-refractivity contribution in [2.24, 2.45) is 0 Å². The van der Waals surface area contributed by atoms with E-state index in [9.17, 15) is 14.7 Å². The van der Waals surface area contributed by atoms with Crippen molar-refractivity contribution in [2.45, 2.75) is 32.6 Å². The average molecular weight is 568 g/mol. The van der Waals surface area contributed by atoms with Crippen LogP contribution in [-0.4, -0.2) is 61.0 Å². The van der Waals surface area contributed by atoms with Crippen LogP contribution < -0.4 is 10.1 Å². The molecule has 9 heteroatoms. The molecule has 7 nitrogen and oxygen atoms in total. The zero-order valence-corrected chi connectivity index (χ0v) is 23.6. The number of aliphatic carboxylic acids is 1. The molecule has 0 saturated carbocycles. The van der Waals surface area contributed by atoms with Gasteiger partial charge in [0.2, 0.25) is 0 Å². The Morgan fingerprint density at radius 1 is 0.976 bits per heavy atom. The van der Waals surface area contributed by atoms with E-state index in [1.807, 2.05) is 86.0 Å². The van der Waals surface area contributed by atoms with Gasteiger partial charge in [-0.1, -0.05) is 30.3 Å². The number of nitrogens with one attached hydrogen (secondary N) is 1. The minimum absolute atomic E-state index is 0. The molecule has 1 atom stereocenters. The maximum absolute atomic E-state index is 13.3. The fourth-order valence-electron chi connectivity index (χ4n) is 4.34. The van der Waals surface area contributed by atoms with Gasteiger partial charge in [-0.3, -0.25) is 4.79 Å².